The highest BCUT2D eigenvalue weighted by Gasteiger charge is 2.16. The number of hydrogen-bond acceptors (Lipinski definition) is 6. The number of thiazole rings is 1. The van der Waals surface area contributed by atoms with Crippen LogP contribution in [0.25, 0.3) is 21.8 Å². The zero-order valence-electron chi connectivity index (χ0n) is 14.5. The molecule has 0 bridgehead atoms. The summed E-state index contributed by atoms with van der Waals surface area (Å²) in [4.78, 5) is 32.9. The molecule has 6 nitrogen and oxygen atoms in total. The van der Waals surface area contributed by atoms with Crippen LogP contribution in [-0.4, -0.2) is 15.9 Å². The first-order chi connectivity index (χ1) is 13.0. The average Bonchev–Trinajstić information content (AvgIpc) is 3.36. The Kier molecular flexibility index (Phi) is 4.51. The molecule has 0 aliphatic heterocycles. The lowest BCUT2D eigenvalue weighted by atomic mass is 10.2. The van der Waals surface area contributed by atoms with E-state index in [0.29, 0.717) is 10.8 Å². The number of thiophene rings is 1. The van der Waals surface area contributed by atoms with Crippen molar-refractivity contribution >= 4 is 33.7 Å². The van der Waals surface area contributed by atoms with E-state index in [0.717, 1.165) is 27.7 Å². The average molecular weight is 397 g/mol. The van der Waals surface area contributed by atoms with E-state index in [4.69, 9.17) is 4.42 Å². The molecule has 0 radical (unpaired) electrons. The lowest BCUT2D eigenvalue weighted by Gasteiger charge is -2.03. The first-order valence-electron chi connectivity index (χ1n) is 8.13. The van der Waals surface area contributed by atoms with Crippen molar-refractivity contribution in [3.8, 4) is 21.8 Å². The van der Waals surface area contributed by atoms with Crippen LogP contribution in [0, 0.1) is 13.8 Å². The van der Waals surface area contributed by atoms with Gasteiger partial charge in [0.05, 0.1) is 16.3 Å². The molecule has 0 unspecified atom stereocenters. The molecule has 0 saturated heterocycles. The first-order valence-corrected chi connectivity index (χ1v) is 9.88. The number of rotatable bonds is 4. The quantitative estimate of drug-likeness (QED) is 0.523. The molecule has 0 atom stereocenters. The van der Waals surface area contributed by atoms with E-state index in [2.05, 4.69) is 15.3 Å². The molecule has 136 valence electrons. The number of aromatic nitrogens is 2. The van der Waals surface area contributed by atoms with Crippen LogP contribution >= 0.6 is 22.7 Å². The van der Waals surface area contributed by atoms with Gasteiger partial charge in [0.1, 0.15) is 17.1 Å². The third kappa shape index (κ3) is 3.49. The summed E-state index contributed by atoms with van der Waals surface area (Å²) in [7, 11) is 0. The second-order valence-electron chi connectivity index (χ2n) is 5.91. The van der Waals surface area contributed by atoms with Gasteiger partial charge in [0.2, 0.25) is 0 Å². The molecule has 4 aromatic heterocycles. The topological polar surface area (TPSA) is 88.0 Å². The molecule has 0 saturated carbocycles. The third-order valence-electron chi connectivity index (χ3n) is 3.98. The Labute approximate surface area is 162 Å². The van der Waals surface area contributed by atoms with E-state index in [9.17, 15) is 9.59 Å². The Hall–Kier alpha value is -2.97. The normalized spacial score (nSPS) is 10.9. The van der Waals surface area contributed by atoms with Crippen molar-refractivity contribution < 1.29 is 9.21 Å². The van der Waals surface area contributed by atoms with Crippen molar-refractivity contribution in [1.82, 2.24) is 9.97 Å². The maximum atomic E-state index is 12.5. The summed E-state index contributed by atoms with van der Waals surface area (Å²) >= 11 is 2.82. The van der Waals surface area contributed by atoms with E-state index >= 15 is 0 Å². The van der Waals surface area contributed by atoms with E-state index in [1.165, 1.54) is 28.7 Å². The number of amides is 1. The summed E-state index contributed by atoms with van der Waals surface area (Å²) in [6.07, 6.45) is 0. The molecule has 0 spiro atoms. The molecular formula is C19H15N3O3S2. The monoisotopic (exact) mass is 397 g/mol. The number of aryl methyl sites for hydroxylation is 2. The molecule has 8 heteroatoms. The molecule has 4 heterocycles. The van der Waals surface area contributed by atoms with E-state index in [1.807, 2.05) is 42.8 Å². The second kappa shape index (κ2) is 6.98. The van der Waals surface area contributed by atoms with Gasteiger partial charge in [0.15, 0.2) is 5.13 Å². The Balaban J connectivity index is 1.55. The Bertz CT molecular complexity index is 1170. The molecule has 0 aliphatic rings. The SMILES string of the molecule is Cc1cc(-c2csc(NC(=O)c3ccc(-c4cccs4)[nH]c3=O)n2)c(C)o1. The Morgan fingerprint density at radius 2 is 2.07 bits per heavy atom. The van der Waals surface area contributed by atoms with Gasteiger partial charge in [-0.05, 0) is 43.5 Å². The van der Waals surface area contributed by atoms with Crippen molar-refractivity contribution in [3.05, 3.63) is 68.5 Å². The Morgan fingerprint density at radius 3 is 2.74 bits per heavy atom. The maximum Gasteiger partial charge on any atom is 0.263 e. The van der Waals surface area contributed by atoms with Gasteiger partial charge in [0.25, 0.3) is 11.5 Å². The highest BCUT2D eigenvalue weighted by atomic mass is 32.1. The number of nitrogens with one attached hydrogen (secondary N) is 2. The zero-order valence-corrected chi connectivity index (χ0v) is 16.2. The highest BCUT2D eigenvalue weighted by molar-refractivity contribution is 7.14. The summed E-state index contributed by atoms with van der Waals surface area (Å²) in [5.41, 5.74) is 1.92. The van der Waals surface area contributed by atoms with Crippen LogP contribution in [0.15, 0.2) is 50.3 Å². The van der Waals surface area contributed by atoms with Crippen molar-refractivity contribution in [1.29, 1.82) is 0 Å². The number of hydrogen-bond donors (Lipinski definition) is 2. The highest BCUT2D eigenvalue weighted by Crippen LogP contribution is 2.29. The fourth-order valence-corrected chi connectivity index (χ4v) is 4.14. The van der Waals surface area contributed by atoms with Crippen LogP contribution in [0.4, 0.5) is 5.13 Å². The van der Waals surface area contributed by atoms with Gasteiger partial charge in [-0.2, -0.15) is 0 Å². The molecule has 0 fully saturated rings. The minimum absolute atomic E-state index is 0.0439. The van der Waals surface area contributed by atoms with Gasteiger partial charge in [0, 0.05) is 10.9 Å². The maximum absolute atomic E-state index is 12.5. The van der Waals surface area contributed by atoms with Crippen LogP contribution < -0.4 is 10.9 Å². The van der Waals surface area contributed by atoms with Gasteiger partial charge < -0.3 is 9.40 Å². The largest absolute Gasteiger partial charge is 0.466 e. The number of carbonyl (C=O) groups excluding carboxylic acids is 1. The first kappa shape index (κ1) is 17.4. The molecule has 1 amide bonds. The summed E-state index contributed by atoms with van der Waals surface area (Å²) in [5.74, 6) is 1.09. The van der Waals surface area contributed by atoms with Crippen molar-refractivity contribution in [3.63, 3.8) is 0 Å². The van der Waals surface area contributed by atoms with Gasteiger partial charge in [-0.25, -0.2) is 4.98 Å². The summed E-state index contributed by atoms with van der Waals surface area (Å²) in [5, 5.41) is 6.89. The molecule has 2 N–H and O–H groups in total. The second-order valence-corrected chi connectivity index (χ2v) is 7.72. The number of nitrogens with zero attached hydrogens (tertiary/aromatic N) is 1. The fraction of sp³-hybridized carbons (Fsp3) is 0.105. The molecule has 27 heavy (non-hydrogen) atoms. The number of carbonyl (C=O) groups is 1. The van der Waals surface area contributed by atoms with E-state index in [1.54, 1.807) is 6.07 Å². The lowest BCUT2D eigenvalue weighted by molar-refractivity contribution is 0.102. The zero-order chi connectivity index (χ0) is 19.0. The number of pyridine rings is 1. The predicted molar refractivity (Wildman–Crippen MR) is 108 cm³/mol. The number of anilines is 1. The minimum Gasteiger partial charge on any atom is -0.466 e. The third-order valence-corrected chi connectivity index (χ3v) is 5.64. The smallest absolute Gasteiger partial charge is 0.263 e. The van der Waals surface area contributed by atoms with Crippen molar-refractivity contribution in [2.24, 2.45) is 0 Å². The van der Waals surface area contributed by atoms with Gasteiger partial charge in [-0.1, -0.05) is 6.07 Å². The van der Waals surface area contributed by atoms with Crippen LogP contribution in [0.2, 0.25) is 0 Å². The number of furan rings is 1. The summed E-state index contributed by atoms with van der Waals surface area (Å²) in [6.45, 7) is 3.74. The minimum atomic E-state index is -0.491. The lowest BCUT2D eigenvalue weighted by Crippen LogP contribution is -2.23. The molecule has 0 aromatic carbocycles. The molecular weight excluding hydrogens is 382 g/mol. The van der Waals surface area contributed by atoms with E-state index < -0.39 is 11.5 Å². The number of H-pyrrole nitrogens is 1. The van der Waals surface area contributed by atoms with Crippen LogP contribution in [-0.2, 0) is 0 Å². The van der Waals surface area contributed by atoms with Crippen LogP contribution in [0.3, 0.4) is 0 Å². The summed E-state index contributed by atoms with van der Waals surface area (Å²) < 4.78 is 5.52. The molecule has 0 aliphatic carbocycles. The van der Waals surface area contributed by atoms with Crippen molar-refractivity contribution in [2.45, 2.75) is 13.8 Å². The van der Waals surface area contributed by atoms with Crippen molar-refractivity contribution in [2.75, 3.05) is 5.32 Å². The predicted octanol–water partition coefficient (Wildman–Crippen LogP) is 4.69. The van der Waals surface area contributed by atoms with Crippen LogP contribution in [0.1, 0.15) is 21.9 Å². The van der Waals surface area contributed by atoms with Crippen LogP contribution in [0.5, 0.6) is 0 Å². The van der Waals surface area contributed by atoms with Gasteiger partial charge in [-0.3, -0.25) is 14.9 Å². The standard InChI is InChI=1S/C19H15N3O3S2/c1-10-8-13(11(2)25-10)15-9-27-19(21-15)22-18(24)12-5-6-14(20-17(12)23)16-4-3-7-26-16/h3-9H,1-2H3,(H,20,23)(H,21,22,24). The summed E-state index contributed by atoms with van der Waals surface area (Å²) in [6, 6.07) is 8.98. The fourth-order valence-electron chi connectivity index (χ4n) is 2.73. The van der Waals surface area contributed by atoms with Gasteiger partial charge >= 0.3 is 0 Å². The molecule has 4 aromatic rings. The molecule has 4 rings (SSSR count). The Morgan fingerprint density at radius 1 is 1.22 bits per heavy atom. The number of aromatic amines is 1. The van der Waals surface area contributed by atoms with E-state index in [-0.39, 0.29) is 5.56 Å². The van der Waals surface area contributed by atoms with Gasteiger partial charge in [-0.15, -0.1) is 22.7 Å².